The fraction of sp³-hybridized carbons (Fsp3) is 0.429. The molecule has 0 radical (unpaired) electrons. The van der Waals surface area contributed by atoms with Gasteiger partial charge < -0.3 is 5.11 Å². The molecule has 0 atom stereocenters. The summed E-state index contributed by atoms with van der Waals surface area (Å²) >= 11 is 0. The molecule has 0 saturated carbocycles. The lowest BCUT2D eigenvalue weighted by atomic mass is 10.3. The van der Waals surface area contributed by atoms with Crippen LogP contribution in [0.1, 0.15) is 29.2 Å². The van der Waals surface area contributed by atoms with Crippen LogP contribution in [0.3, 0.4) is 0 Å². The third kappa shape index (κ3) is 2.92. The maximum absolute atomic E-state index is 8.82. The summed E-state index contributed by atoms with van der Waals surface area (Å²) in [7, 11) is 0. The molecule has 21 heavy (non-hydrogen) atoms. The van der Waals surface area contributed by atoms with Crippen molar-refractivity contribution in [2.45, 2.75) is 33.2 Å². The van der Waals surface area contributed by atoms with Gasteiger partial charge in [-0.2, -0.15) is 0 Å². The lowest BCUT2D eigenvalue weighted by molar-refractivity contribution is 0.288. The van der Waals surface area contributed by atoms with E-state index in [9.17, 15) is 0 Å². The van der Waals surface area contributed by atoms with E-state index in [1.165, 1.54) is 0 Å². The van der Waals surface area contributed by atoms with Crippen LogP contribution in [-0.2, 0) is 13.0 Å². The van der Waals surface area contributed by atoms with E-state index in [1.807, 2.05) is 36.7 Å². The van der Waals surface area contributed by atoms with E-state index in [0.717, 1.165) is 29.2 Å². The Bertz CT molecular complexity index is 760. The fourth-order valence-corrected chi connectivity index (χ4v) is 2.35. The van der Waals surface area contributed by atoms with Crippen LogP contribution >= 0.6 is 0 Å². The smallest absolute Gasteiger partial charge is 0.234 e. The summed E-state index contributed by atoms with van der Waals surface area (Å²) in [5.41, 5.74) is 3.86. The summed E-state index contributed by atoms with van der Waals surface area (Å²) < 4.78 is 3.74. The molecule has 0 unspecified atom stereocenters. The molecule has 0 aromatic carbocycles. The highest BCUT2D eigenvalue weighted by Crippen LogP contribution is 2.09. The maximum Gasteiger partial charge on any atom is 0.234 e. The van der Waals surface area contributed by atoms with Crippen molar-refractivity contribution in [2.75, 3.05) is 6.61 Å². The number of aliphatic hydroxyl groups excluding tert-OH is 1. The van der Waals surface area contributed by atoms with Crippen LogP contribution in [0.15, 0.2) is 18.5 Å². The predicted molar refractivity (Wildman–Crippen MR) is 77.0 cm³/mol. The molecule has 110 valence electrons. The first-order chi connectivity index (χ1) is 10.2. The predicted octanol–water partition coefficient (Wildman–Crippen LogP) is 0.911. The minimum atomic E-state index is 0.170. The van der Waals surface area contributed by atoms with Crippen molar-refractivity contribution >= 4 is 5.78 Å². The van der Waals surface area contributed by atoms with E-state index >= 15 is 0 Å². The highest BCUT2D eigenvalue weighted by Gasteiger charge is 2.08. The van der Waals surface area contributed by atoms with Gasteiger partial charge in [0.2, 0.25) is 5.78 Å². The van der Waals surface area contributed by atoms with Crippen LogP contribution in [0, 0.1) is 13.8 Å². The van der Waals surface area contributed by atoms with Crippen LogP contribution in [0.25, 0.3) is 5.78 Å². The molecule has 3 aromatic heterocycles. The number of rotatable bonds is 5. The molecule has 7 nitrogen and oxygen atoms in total. The van der Waals surface area contributed by atoms with E-state index < -0.39 is 0 Å². The van der Waals surface area contributed by atoms with Gasteiger partial charge in [0.1, 0.15) is 0 Å². The van der Waals surface area contributed by atoms with Gasteiger partial charge in [-0.15, -0.1) is 5.10 Å². The molecule has 0 amide bonds. The van der Waals surface area contributed by atoms with E-state index in [1.54, 1.807) is 4.68 Å². The van der Waals surface area contributed by atoms with E-state index in [2.05, 4.69) is 20.3 Å². The molecule has 0 fully saturated rings. The molecule has 3 heterocycles. The summed E-state index contributed by atoms with van der Waals surface area (Å²) in [6, 6.07) is 2.03. The monoisotopic (exact) mass is 286 g/mol. The summed E-state index contributed by atoms with van der Waals surface area (Å²) in [5, 5.41) is 17.0. The average molecular weight is 286 g/mol. The standard InChI is InChI=1S/C14H18N6O/c1-10-6-11(2)20-9-13(16-14(20)15-10)8-19-7-12(17-18-19)4-3-5-21/h6-7,9,21H,3-5,8H2,1-2H3. The van der Waals surface area contributed by atoms with Gasteiger partial charge in [0.25, 0.3) is 0 Å². The molecule has 0 saturated heterocycles. The molecule has 7 heteroatoms. The van der Waals surface area contributed by atoms with E-state index in [-0.39, 0.29) is 6.61 Å². The number of nitrogens with zero attached hydrogens (tertiary/aromatic N) is 6. The number of fused-ring (bicyclic) bond motifs is 1. The number of aliphatic hydroxyl groups is 1. The summed E-state index contributed by atoms with van der Waals surface area (Å²) in [6.45, 7) is 4.74. The van der Waals surface area contributed by atoms with Crippen LogP contribution in [0.5, 0.6) is 0 Å². The fourth-order valence-electron chi connectivity index (χ4n) is 2.35. The summed E-state index contributed by atoms with van der Waals surface area (Å²) in [4.78, 5) is 8.95. The van der Waals surface area contributed by atoms with Crippen LogP contribution in [0.4, 0.5) is 0 Å². The SMILES string of the molecule is Cc1cc(C)n2cc(Cn3cc(CCCO)nn3)nc2n1. The van der Waals surface area contributed by atoms with Crippen molar-refractivity contribution in [3.63, 3.8) is 0 Å². The lowest BCUT2D eigenvalue weighted by Gasteiger charge is -1.98. The number of aromatic nitrogens is 6. The molecule has 0 aliphatic rings. The largest absolute Gasteiger partial charge is 0.396 e. The van der Waals surface area contributed by atoms with Crippen LogP contribution in [-0.4, -0.2) is 41.1 Å². The topological polar surface area (TPSA) is 81.1 Å². The Morgan fingerprint density at radius 3 is 2.81 bits per heavy atom. The van der Waals surface area contributed by atoms with Gasteiger partial charge in [0.15, 0.2) is 0 Å². The first kappa shape index (κ1) is 13.7. The van der Waals surface area contributed by atoms with E-state index in [0.29, 0.717) is 18.7 Å². The highest BCUT2D eigenvalue weighted by molar-refractivity contribution is 5.34. The first-order valence-corrected chi connectivity index (χ1v) is 6.98. The van der Waals surface area contributed by atoms with Crippen molar-refractivity contribution in [3.05, 3.63) is 41.2 Å². The Morgan fingerprint density at radius 2 is 2.00 bits per heavy atom. The number of imidazole rings is 1. The molecular weight excluding hydrogens is 268 g/mol. The molecule has 0 aliphatic heterocycles. The van der Waals surface area contributed by atoms with Crippen molar-refractivity contribution in [1.82, 2.24) is 29.4 Å². The molecule has 1 N–H and O–H groups in total. The van der Waals surface area contributed by atoms with Gasteiger partial charge in [0, 0.05) is 30.4 Å². The Kier molecular flexibility index (Phi) is 3.66. The second-order valence-electron chi connectivity index (χ2n) is 5.18. The van der Waals surface area contributed by atoms with Crippen molar-refractivity contribution in [1.29, 1.82) is 0 Å². The Morgan fingerprint density at radius 1 is 1.14 bits per heavy atom. The van der Waals surface area contributed by atoms with Gasteiger partial charge in [-0.3, -0.25) is 4.40 Å². The highest BCUT2D eigenvalue weighted by atomic mass is 16.2. The minimum Gasteiger partial charge on any atom is -0.396 e. The molecule has 0 bridgehead atoms. The number of hydrogen-bond acceptors (Lipinski definition) is 5. The Hall–Kier alpha value is -2.28. The third-order valence-corrected chi connectivity index (χ3v) is 3.31. The van der Waals surface area contributed by atoms with Gasteiger partial charge in [-0.25, -0.2) is 14.6 Å². The zero-order valence-corrected chi connectivity index (χ0v) is 12.2. The molecular formula is C14H18N6O. The molecule has 0 spiro atoms. The molecule has 0 aliphatic carbocycles. The third-order valence-electron chi connectivity index (χ3n) is 3.31. The second-order valence-corrected chi connectivity index (χ2v) is 5.18. The van der Waals surface area contributed by atoms with Crippen LogP contribution in [0.2, 0.25) is 0 Å². The minimum absolute atomic E-state index is 0.170. The molecule has 3 aromatic rings. The van der Waals surface area contributed by atoms with Crippen LogP contribution < -0.4 is 0 Å². The van der Waals surface area contributed by atoms with Crippen molar-refractivity contribution in [2.24, 2.45) is 0 Å². The Labute approximate surface area is 122 Å². The number of hydrogen-bond donors (Lipinski definition) is 1. The summed E-state index contributed by atoms with van der Waals surface area (Å²) in [6.07, 6.45) is 5.31. The van der Waals surface area contributed by atoms with Gasteiger partial charge in [-0.05, 0) is 32.8 Å². The Balaban J connectivity index is 1.81. The summed E-state index contributed by atoms with van der Waals surface area (Å²) in [5.74, 6) is 0.711. The quantitative estimate of drug-likeness (QED) is 0.754. The normalized spacial score (nSPS) is 11.4. The van der Waals surface area contributed by atoms with Gasteiger partial charge >= 0.3 is 0 Å². The van der Waals surface area contributed by atoms with Gasteiger partial charge in [0.05, 0.1) is 17.9 Å². The average Bonchev–Trinajstić information content (AvgIpc) is 3.03. The van der Waals surface area contributed by atoms with Crippen molar-refractivity contribution in [3.8, 4) is 0 Å². The maximum atomic E-state index is 8.82. The lowest BCUT2D eigenvalue weighted by Crippen LogP contribution is -2.00. The second kappa shape index (κ2) is 5.61. The van der Waals surface area contributed by atoms with Crippen molar-refractivity contribution < 1.29 is 5.11 Å². The molecule has 3 rings (SSSR count). The van der Waals surface area contributed by atoms with E-state index in [4.69, 9.17) is 5.11 Å². The zero-order chi connectivity index (χ0) is 14.8. The first-order valence-electron chi connectivity index (χ1n) is 6.98. The zero-order valence-electron chi connectivity index (χ0n) is 12.2. The van der Waals surface area contributed by atoms with Gasteiger partial charge in [-0.1, -0.05) is 5.21 Å². The number of aryl methyl sites for hydroxylation is 3.